The van der Waals surface area contributed by atoms with Crippen LogP contribution in [0.5, 0.6) is 0 Å². The van der Waals surface area contributed by atoms with Crippen molar-refractivity contribution in [3.63, 3.8) is 0 Å². The van der Waals surface area contributed by atoms with E-state index in [0.717, 1.165) is 0 Å². The van der Waals surface area contributed by atoms with E-state index in [1.807, 2.05) is 25.5 Å². The Bertz CT molecular complexity index is 609. The molecule has 2 rings (SSSR count). The summed E-state index contributed by atoms with van der Waals surface area (Å²) in [7, 11) is -0.211. The highest BCUT2D eigenvalue weighted by molar-refractivity contribution is 6.74. The van der Waals surface area contributed by atoms with E-state index in [-0.39, 0.29) is 20.1 Å². The fourth-order valence-corrected chi connectivity index (χ4v) is 3.08. The average molecular weight is 406 g/mol. The summed E-state index contributed by atoms with van der Waals surface area (Å²) in [4.78, 5) is 20.5. The predicted molar refractivity (Wildman–Crippen MR) is 109 cm³/mol. The molecule has 2 heterocycles. The lowest BCUT2D eigenvalue weighted by atomic mass is 9.74. The van der Waals surface area contributed by atoms with Crippen molar-refractivity contribution in [1.82, 2.24) is 9.62 Å². The van der Waals surface area contributed by atoms with E-state index in [1.54, 1.807) is 0 Å². The lowest BCUT2D eigenvalue weighted by Gasteiger charge is -2.30. The average Bonchev–Trinajstić information content (AvgIpc) is 3.53. The topological polar surface area (TPSA) is 155 Å². The van der Waals surface area contributed by atoms with Crippen LogP contribution < -0.4 is 0 Å². The number of esters is 1. The third-order valence-electron chi connectivity index (χ3n) is 4.45. The molecule has 0 saturated carbocycles. The van der Waals surface area contributed by atoms with Gasteiger partial charge in [-0.15, -0.1) is 0 Å². The first-order chi connectivity index (χ1) is 13.9. The summed E-state index contributed by atoms with van der Waals surface area (Å²) >= 11 is 0. The molecule has 0 aromatic heterocycles. The van der Waals surface area contributed by atoms with Crippen LogP contribution in [0, 0.1) is 0 Å². The van der Waals surface area contributed by atoms with Gasteiger partial charge in [-0.1, -0.05) is 10.2 Å². The van der Waals surface area contributed by atoms with Gasteiger partial charge in [-0.2, -0.15) is 0 Å². The summed E-state index contributed by atoms with van der Waals surface area (Å²) in [6.45, 7) is 9.18. The van der Waals surface area contributed by atoms with Crippen molar-refractivity contribution >= 4 is 20.1 Å². The van der Waals surface area contributed by atoms with Crippen molar-refractivity contribution in [2.75, 3.05) is 45.7 Å². The summed E-state index contributed by atoms with van der Waals surface area (Å²) in [5.41, 5.74) is 16.4. The van der Waals surface area contributed by atoms with Crippen LogP contribution in [0.1, 0.15) is 33.6 Å². The predicted octanol–water partition coefficient (Wildman–Crippen LogP) is 1.82. The lowest BCUT2D eigenvalue weighted by Crippen LogP contribution is -2.51. The largest absolute Gasteiger partial charge is 0.459 e. The summed E-state index contributed by atoms with van der Waals surface area (Å²) in [5, 5.41) is 7.13. The van der Waals surface area contributed by atoms with Crippen molar-refractivity contribution < 1.29 is 18.8 Å². The molecule has 0 aromatic carbocycles. The second-order valence-electron chi connectivity index (χ2n) is 7.97. The maximum atomic E-state index is 12.9. The van der Waals surface area contributed by atoms with Crippen LogP contribution in [0.2, 0.25) is 0 Å². The second-order valence-corrected chi connectivity index (χ2v) is 7.97. The van der Waals surface area contributed by atoms with Crippen molar-refractivity contribution in [3.05, 3.63) is 20.9 Å². The third kappa shape index (κ3) is 8.95. The molecule has 0 N–H and O–H groups in total. The molecule has 12 nitrogen and oxygen atoms in total. The van der Waals surface area contributed by atoms with Gasteiger partial charge in [0.25, 0.3) is 0 Å². The Balaban J connectivity index is 1.95. The first-order valence-electron chi connectivity index (χ1n) is 9.83. The van der Waals surface area contributed by atoms with E-state index in [1.165, 1.54) is 0 Å². The van der Waals surface area contributed by atoms with E-state index in [9.17, 15) is 4.79 Å². The van der Waals surface area contributed by atoms with Gasteiger partial charge in [-0.3, -0.25) is 4.79 Å². The molecule has 29 heavy (non-hydrogen) atoms. The van der Waals surface area contributed by atoms with Gasteiger partial charge in [-0.05, 0) is 51.2 Å². The molecule has 0 radical (unpaired) electrons. The molecular weight excluding hydrogens is 378 g/mol. The van der Waals surface area contributed by atoms with Crippen molar-refractivity contribution in [1.29, 1.82) is 0 Å². The molecule has 2 saturated heterocycles. The molecule has 1 unspecified atom stereocenters. The number of ether oxygens (including phenoxy) is 1. The minimum Gasteiger partial charge on any atom is -0.459 e. The van der Waals surface area contributed by atoms with Gasteiger partial charge in [0.05, 0.1) is 19.1 Å². The highest BCUT2D eigenvalue weighted by Crippen LogP contribution is 2.26. The molecular formula is C15H28B2N8O4. The number of carbonyl (C=O) groups excluding carboxylic acids is 1. The van der Waals surface area contributed by atoms with Gasteiger partial charge in [0.1, 0.15) is 5.60 Å². The lowest BCUT2D eigenvalue weighted by molar-refractivity contribution is -0.159. The molecule has 1 atom stereocenters. The number of hydrogen-bond donors (Lipinski definition) is 0. The zero-order valence-corrected chi connectivity index (χ0v) is 17.3. The Morgan fingerprint density at radius 3 is 2.03 bits per heavy atom. The number of carbonyl (C=O) groups is 1. The highest BCUT2D eigenvalue weighted by Gasteiger charge is 2.54. The van der Waals surface area contributed by atoms with E-state index >= 15 is 0 Å². The molecule has 0 amide bonds. The number of nitrogens with zero attached hydrogens (tertiary/aromatic N) is 8. The molecule has 2 aliphatic heterocycles. The zero-order chi connectivity index (χ0) is 21.3. The van der Waals surface area contributed by atoms with Gasteiger partial charge in [0.2, 0.25) is 0 Å². The molecule has 0 aromatic rings. The van der Waals surface area contributed by atoms with Crippen LogP contribution in [0.15, 0.2) is 10.2 Å². The fraction of sp³-hybridized carbons (Fsp3) is 0.933. The molecule has 2 aliphatic rings. The SMILES string of the molecule is CC(C)(C)OC(=O)C(CCCN(CCN=[N+]=[N-])CCN=[N+]=[N-])N(B1CO1)B1CO1. The van der Waals surface area contributed by atoms with Crippen LogP contribution in [0.3, 0.4) is 0 Å². The Morgan fingerprint density at radius 2 is 1.62 bits per heavy atom. The van der Waals surface area contributed by atoms with Gasteiger partial charge in [-0.25, -0.2) is 0 Å². The number of azide groups is 2. The molecule has 0 spiro atoms. The fourth-order valence-electron chi connectivity index (χ4n) is 3.08. The summed E-state index contributed by atoms with van der Waals surface area (Å²) in [6, 6.07) is -0.453. The molecule has 0 bridgehead atoms. The smallest absolute Gasteiger partial charge is 0.398 e. The normalized spacial score (nSPS) is 16.3. The Labute approximate surface area is 171 Å². The van der Waals surface area contributed by atoms with E-state index in [2.05, 4.69) is 25.0 Å². The molecule has 2 fully saturated rings. The van der Waals surface area contributed by atoms with Gasteiger partial charge in [0, 0.05) is 36.0 Å². The standard InChI is InChI=1S/C15H28B2N8O4/c1-15(2,3)29-14(26)13(25(16-11-27-16)17-12-28-17)5-4-8-24(9-6-20-22-18)10-7-21-23-19/h13H,4-12H2,1-3H3. The molecule has 14 heteroatoms. The Kier molecular flexibility index (Phi) is 9.09. The summed E-state index contributed by atoms with van der Waals surface area (Å²) in [5.74, 6) is -0.279. The van der Waals surface area contributed by atoms with Crippen molar-refractivity contribution in [3.8, 4) is 0 Å². The van der Waals surface area contributed by atoms with Crippen LogP contribution >= 0.6 is 0 Å². The quantitative estimate of drug-likeness (QED) is 0.107. The van der Waals surface area contributed by atoms with Crippen LogP contribution in [0.25, 0.3) is 20.9 Å². The van der Waals surface area contributed by atoms with E-state index < -0.39 is 11.6 Å². The minimum absolute atomic E-state index is 0.106. The van der Waals surface area contributed by atoms with Crippen LogP contribution in [-0.4, -0.2) is 87.1 Å². The van der Waals surface area contributed by atoms with Crippen molar-refractivity contribution in [2.45, 2.75) is 45.3 Å². The monoisotopic (exact) mass is 406 g/mol. The molecule has 0 aliphatic carbocycles. The zero-order valence-electron chi connectivity index (χ0n) is 17.3. The minimum atomic E-state index is -0.577. The third-order valence-corrected chi connectivity index (χ3v) is 4.45. The summed E-state index contributed by atoms with van der Waals surface area (Å²) in [6.07, 6.45) is 1.29. The van der Waals surface area contributed by atoms with Gasteiger partial charge < -0.3 is 23.7 Å². The first kappa shape index (κ1) is 23.3. The highest BCUT2D eigenvalue weighted by atomic mass is 16.6. The van der Waals surface area contributed by atoms with E-state index in [0.29, 0.717) is 58.6 Å². The van der Waals surface area contributed by atoms with Gasteiger partial charge >= 0.3 is 20.1 Å². The summed E-state index contributed by atoms with van der Waals surface area (Å²) < 4.78 is 18.5. The Morgan fingerprint density at radius 1 is 1.10 bits per heavy atom. The second kappa shape index (κ2) is 11.3. The maximum absolute atomic E-state index is 12.9. The van der Waals surface area contributed by atoms with Crippen molar-refractivity contribution in [2.24, 2.45) is 10.2 Å². The molecule has 158 valence electrons. The number of rotatable bonds is 14. The van der Waals surface area contributed by atoms with Crippen LogP contribution in [-0.2, 0) is 18.8 Å². The number of hydrogen-bond acceptors (Lipinski definition) is 8. The first-order valence-corrected chi connectivity index (χ1v) is 9.83. The Hall–Kier alpha value is -1.94. The maximum Gasteiger partial charge on any atom is 0.398 e. The van der Waals surface area contributed by atoms with E-state index in [4.69, 9.17) is 25.1 Å². The van der Waals surface area contributed by atoms with Crippen LogP contribution in [0.4, 0.5) is 0 Å². The van der Waals surface area contributed by atoms with Gasteiger partial charge in [0.15, 0.2) is 0 Å².